The summed E-state index contributed by atoms with van der Waals surface area (Å²) in [6, 6.07) is 9.91. The van der Waals surface area contributed by atoms with Gasteiger partial charge in [0.05, 0.1) is 5.56 Å². The van der Waals surface area contributed by atoms with Gasteiger partial charge in [-0.15, -0.1) is 10.2 Å². The van der Waals surface area contributed by atoms with E-state index in [1.54, 1.807) is 31.3 Å². The Hall–Kier alpha value is -3.68. The van der Waals surface area contributed by atoms with Crippen LogP contribution in [0.5, 0.6) is 0 Å². The Bertz CT molecular complexity index is 1320. The smallest absolute Gasteiger partial charge is 0.251 e. The summed E-state index contributed by atoms with van der Waals surface area (Å²) in [5, 5.41) is 10.8. The van der Waals surface area contributed by atoms with Gasteiger partial charge in [-0.3, -0.25) is 9.20 Å². The Labute approximate surface area is 175 Å². The Morgan fingerprint density at radius 1 is 1.03 bits per heavy atom. The summed E-state index contributed by atoms with van der Waals surface area (Å²) in [5.41, 5.74) is 1.82. The van der Waals surface area contributed by atoms with Crippen LogP contribution in [0.4, 0.5) is 13.2 Å². The van der Waals surface area contributed by atoms with Crippen molar-refractivity contribution >= 4 is 11.6 Å². The second-order valence-corrected chi connectivity index (χ2v) is 7.64. The number of pyridine rings is 1. The average molecular weight is 422 g/mol. The zero-order chi connectivity index (χ0) is 21.7. The third-order valence-electron chi connectivity index (χ3n) is 5.43. The number of aromatic nitrogens is 3. The number of nitrogens with zero attached hydrogens (tertiary/aromatic N) is 3. The van der Waals surface area contributed by atoms with Crippen molar-refractivity contribution < 1.29 is 18.0 Å². The minimum atomic E-state index is -0.745. The molecular formula is C23H17F3N4O. The molecule has 0 spiro atoms. The molecule has 0 saturated heterocycles. The third-order valence-corrected chi connectivity index (χ3v) is 5.43. The zero-order valence-corrected chi connectivity index (χ0v) is 16.5. The fraction of sp³-hybridized carbons (Fsp3) is 0.174. The van der Waals surface area contributed by atoms with E-state index in [1.807, 2.05) is 0 Å². The highest BCUT2D eigenvalue weighted by Gasteiger charge is 2.25. The number of fused-ring (bicyclic) bond motifs is 1. The van der Waals surface area contributed by atoms with E-state index in [2.05, 4.69) is 15.5 Å². The molecule has 5 nitrogen and oxygen atoms in total. The van der Waals surface area contributed by atoms with Gasteiger partial charge in [-0.05, 0) is 72.9 Å². The molecule has 0 radical (unpaired) electrons. The molecule has 1 N–H and O–H groups in total. The molecule has 0 atom stereocenters. The van der Waals surface area contributed by atoms with Crippen LogP contribution < -0.4 is 5.32 Å². The minimum absolute atomic E-state index is 0.0256. The lowest BCUT2D eigenvalue weighted by Crippen LogP contribution is -2.25. The van der Waals surface area contributed by atoms with E-state index in [4.69, 9.17) is 0 Å². The number of nitrogens with one attached hydrogen (secondary N) is 1. The minimum Gasteiger partial charge on any atom is -0.349 e. The van der Waals surface area contributed by atoms with Crippen molar-refractivity contribution in [3.63, 3.8) is 0 Å². The quantitative estimate of drug-likeness (QED) is 0.520. The van der Waals surface area contributed by atoms with Crippen LogP contribution in [0.1, 0.15) is 28.8 Å². The van der Waals surface area contributed by atoms with Gasteiger partial charge in [0, 0.05) is 17.8 Å². The molecule has 1 aliphatic carbocycles. The molecule has 2 heterocycles. The standard InChI is InChI=1S/C23H17F3N4O/c1-12-16(9-14(10-19(12)26)23(31)27-15-5-6-15)13-7-8-30-20(11-13)28-29-22(30)21-17(24)3-2-4-18(21)25/h2-4,7-11,15H,5-6H2,1H3,(H,27,31). The molecule has 0 unspecified atom stereocenters. The maximum atomic E-state index is 14.6. The lowest BCUT2D eigenvalue weighted by Gasteiger charge is -2.11. The molecule has 0 bridgehead atoms. The number of carbonyl (C=O) groups excluding carboxylic acids is 1. The molecule has 0 aliphatic heterocycles. The normalized spacial score (nSPS) is 13.5. The SMILES string of the molecule is Cc1c(F)cc(C(=O)NC2CC2)cc1-c1ccn2c(-c3c(F)cccc3F)nnc2c1. The molecule has 2 aromatic carbocycles. The average Bonchev–Trinajstić information content (AvgIpc) is 3.47. The summed E-state index contributed by atoms with van der Waals surface area (Å²) in [5.74, 6) is -2.27. The molecule has 1 saturated carbocycles. The largest absolute Gasteiger partial charge is 0.349 e. The number of halogens is 3. The number of hydrogen-bond acceptors (Lipinski definition) is 3. The van der Waals surface area contributed by atoms with Gasteiger partial charge in [-0.2, -0.15) is 0 Å². The number of amides is 1. The summed E-state index contributed by atoms with van der Waals surface area (Å²) in [6.07, 6.45) is 3.43. The molecule has 4 aromatic rings. The highest BCUT2D eigenvalue weighted by molar-refractivity contribution is 5.96. The summed E-state index contributed by atoms with van der Waals surface area (Å²) in [7, 11) is 0. The van der Waals surface area contributed by atoms with Crippen molar-refractivity contribution in [2.24, 2.45) is 0 Å². The third kappa shape index (κ3) is 3.43. The fourth-order valence-electron chi connectivity index (χ4n) is 3.55. The van der Waals surface area contributed by atoms with Gasteiger partial charge in [0.15, 0.2) is 11.5 Å². The van der Waals surface area contributed by atoms with Gasteiger partial charge in [0.1, 0.15) is 17.5 Å². The fourth-order valence-corrected chi connectivity index (χ4v) is 3.55. The van der Waals surface area contributed by atoms with Crippen molar-refractivity contribution in [2.45, 2.75) is 25.8 Å². The zero-order valence-electron chi connectivity index (χ0n) is 16.5. The van der Waals surface area contributed by atoms with Crippen molar-refractivity contribution in [1.29, 1.82) is 0 Å². The van der Waals surface area contributed by atoms with E-state index in [-0.39, 0.29) is 28.9 Å². The van der Waals surface area contributed by atoms with Crippen molar-refractivity contribution in [1.82, 2.24) is 19.9 Å². The first-order valence-corrected chi connectivity index (χ1v) is 9.83. The van der Waals surface area contributed by atoms with Gasteiger partial charge in [0.25, 0.3) is 5.91 Å². The summed E-state index contributed by atoms with van der Waals surface area (Å²) in [4.78, 5) is 12.4. The van der Waals surface area contributed by atoms with Crippen LogP contribution in [-0.4, -0.2) is 26.5 Å². The Morgan fingerprint density at radius 3 is 2.48 bits per heavy atom. The van der Waals surface area contributed by atoms with E-state index in [0.717, 1.165) is 25.0 Å². The predicted molar refractivity (Wildman–Crippen MR) is 109 cm³/mol. The first kappa shape index (κ1) is 19.3. The molecule has 156 valence electrons. The van der Waals surface area contributed by atoms with Gasteiger partial charge >= 0.3 is 0 Å². The first-order chi connectivity index (χ1) is 14.9. The van der Waals surface area contributed by atoms with E-state index >= 15 is 0 Å². The first-order valence-electron chi connectivity index (χ1n) is 9.83. The molecular weight excluding hydrogens is 405 g/mol. The monoisotopic (exact) mass is 422 g/mol. The van der Waals surface area contributed by atoms with Crippen molar-refractivity contribution in [3.8, 4) is 22.5 Å². The number of carbonyl (C=O) groups is 1. The van der Waals surface area contributed by atoms with Crippen LogP contribution in [0.15, 0.2) is 48.7 Å². The molecule has 31 heavy (non-hydrogen) atoms. The highest BCUT2D eigenvalue weighted by Crippen LogP contribution is 2.30. The van der Waals surface area contributed by atoms with Gasteiger partial charge in [-0.1, -0.05) is 6.07 Å². The lowest BCUT2D eigenvalue weighted by atomic mass is 9.98. The van der Waals surface area contributed by atoms with E-state index in [1.165, 1.54) is 16.5 Å². The topological polar surface area (TPSA) is 59.3 Å². The van der Waals surface area contributed by atoms with Crippen LogP contribution in [0.2, 0.25) is 0 Å². The number of hydrogen-bond donors (Lipinski definition) is 1. The lowest BCUT2D eigenvalue weighted by molar-refractivity contribution is 0.0950. The van der Waals surface area contributed by atoms with E-state index in [9.17, 15) is 18.0 Å². The number of benzene rings is 2. The predicted octanol–water partition coefficient (Wildman–Crippen LogP) is 4.68. The van der Waals surface area contributed by atoms with Crippen molar-refractivity contribution in [2.75, 3.05) is 0 Å². The van der Waals surface area contributed by atoms with Gasteiger partial charge in [0.2, 0.25) is 0 Å². The van der Waals surface area contributed by atoms with Crippen LogP contribution in [0.3, 0.4) is 0 Å². The molecule has 8 heteroatoms. The summed E-state index contributed by atoms with van der Waals surface area (Å²) >= 11 is 0. The molecule has 1 amide bonds. The Morgan fingerprint density at radius 2 is 1.77 bits per heavy atom. The van der Waals surface area contributed by atoms with Crippen LogP contribution in [0, 0.1) is 24.4 Å². The van der Waals surface area contributed by atoms with Crippen molar-refractivity contribution in [3.05, 3.63) is 77.2 Å². The second-order valence-electron chi connectivity index (χ2n) is 7.64. The van der Waals surface area contributed by atoms with Gasteiger partial charge in [-0.25, -0.2) is 13.2 Å². The molecule has 1 fully saturated rings. The van der Waals surface area contributed by atoms with Crippen LogP contribution in [-0.2, 0) is 0 Å². The van der Waals surface area contributed by atoms with Crippen LogP contribution in [0.25, 0.3) is 28.2 Å². The maximum absolute atomic E-state index is 14.6. The van der Waals surface area contributed by atoms with Gasteiger partial charge < -0.3 is 5.32 Å². The molecule has 1 aliphatic rings. The van der Waals surface area contributed by atoms with E-state index in [0.29, 0.717) is 22.3 Å². The maximum Gasteiger partial charge on any atom is 0.251 e. The molecule has 2 aromatic heterocycles. The van der Waals surface area contributed by atoms with E-state index < -0.39 is 17.5 Å². The summed E-state index contributed by atoms with van der Waals surface area (Å²) < 4.78 is 44.4. The van der Waals surface area contributed by atoms with Crippen LogP contribution >= 0.6 is 0 Å². The number of rotatable bonds is 4. The Balaban J connectivity index is 1.59. The highest BCUT2D eigenvalue weighted by atomic mass is 19.1. The second kappa shape index (κ2) is 7.23. The Kier molecular flexibility index (Phi) is 4.50. The summed E-state index contributed by atoms with van der Waals surface area (Å²) in [6.45, 7) is 1.63. The molecule has 5 rings (SSSR count).